The van der Waals surface area contributed by atoms with Gasteiger partial charge in [-0.15, -0.1) is 0 Å². The number of aromatic hydroxyl groups is 2. The smallest absolute Gasteiger partial charge is 0.271 e. The first-order chi connectivity index (χ1) is 18.5. The first-order valence-electron chi connectivity index (χ1n) is 11.7. The van der Waals surface area contributed by atoms with Crippen molar-refractivity contribution in [3.63, 3.8) is 0 Å². The first kappa shape index (κ1) is 24.2. The average Bonchev–Trinajstić information content (AvgIpc) is 2.95. The molecule has 0 heterocycles. The van der Waals surface area contributed by atoms with Crippen molar-refractivity contribution >= 4 is 45.8 Å². The number of fused-ring (bicyclic) bond motifs is 2. The van der Waals surface area contributed by atoms with Gasteiger partial charge in [0.05, 0.1) is 12.4 Å². The van der Waals surface area contributed by atoms with E-state index in [0.29, 0.717) is 22.3 Å². The monoisotopic (exact) mass is 502 g/mol. The topological polar surface area (TPSA) is 123 Å². The molecule has 0 spiro atoms. The minimum absolute atomic E-state index is 0.0513. The maximum absolute atomic E-state index is 12.5. The molecule has 0 aliphatic carbocycles. The Balaban J connectivity index is 1.22. The molecule has 0 unspecified atom stereocenters. The number of amides is 2. The third-order valence-corrected chi connectivity index (χ3v) is 6.02. The summed E-state index contributed by atoms with van der Waals surface area (Å²) in [5.41, 5.74) is 6.44. The lowest BCUT2D eigenvalue weighted by molar-refractivity contribution is 0.0943. The highest BCUT2D eigenvalue weighted by atomic mass is 16.3. The van der Waals surface area contributed by atoms with Crippen molar-refractivity contribution in [2.24, 2.45) is 10.2 Å². The van der Waals surface area contributed by atoms with Crippen LogP contribution >= 0.6 is 0 Å². The summed E-state index contributed by atoms with van der Waals surface area (Å²) in [6.07, 6.45) is 2.78. The van der Waals surface area contributed by atoms with E-state index in [4.69, 9.17) is 0 Å². The van der Waals surface area contributed by atoms with Crippen LogP contribution in [-0.2, 0) is 0 Å². The van der Waals surface area contributed by atoms with Crippen LogP contribution in [0.15, 0.2) is 107 Å². The molecule has 8 heteroatoms. The number of nitrogens with zero attached hydrogens (tertiary/aromatic N) is 2. The van der Waals surface area contributed by atoms with E-state index in [9.17, 15) is 19.8 Å². The number of hydrazone groups is 2. The zero-order valence-electron chi connectivity index (χ0n) is 20.0. The molecule has 4 N–H and O–H groups in total. The molecule has 0 saturated heterocycles. The normalized spacial score (nSPS) is 11.4. The highest BCUT2D eigenvalue weighted by molar-refractivity contribution is 6.04. The van der Waals surface area contributed by atoms with Crippen molar-refractivity contribution in [2.45, 2.75) is 0 Å². The van der Waals surface area contributed by atoms with Crippen LogP contribution in [-0.4, -0.2) is 34.5 Å². The zero-order chi connectivity index (χ0) is 26.5. The highest BCUT2D eigenvalue weighted by Crippen LogP contribution is 2.26. The Morgan fingerprint density at radius 3 is 1.37 bits per heavy atom. The lowest BCUT2D eigenvalue weighted by Crippen LogP contribution is -2.19. The maximum Gasteiger partial charge on any atom is 0.271 e. The highest BCUT2D eigenvalue weighted by Gasteiger charge is 2.10. The molecule has 0 aliphatic heterocycles. The van der Waals surface area contributed by atoms with E-state index in [1.165, 1.54) is 36.7 Å². The summed E-state index contributed by atoms with van der Waals surface area (Å²) in [6, 6.07) is 27.8. The van der Waals surface area contributed by atoms with E-state index >= 15 is 0 Å². The quantitative estimate of drug-likeness (QED) is 0.194. The summed E-state index contributed by atoms with van der Waals surface area (Å²) in [4.78, 5) is 25.0. The number of rotatable bonds is 6. The molecular weight excluding hydrogens is 480 g/mol. The summed E-state index contributed by atoms with van der Waals surface area (Å²) in [6.45, 7) is 0. The van der Waals surface area contributed by atoms with Crippen LogP contribution in [0.4, 0.5) is 0 Å². The molecule has 0 atom stereocenters. The summed E-state index contributed by atoms with van der Waals surface area (Å²) >= 11 is 0. The first-order valence-corrected chi connectivity index (χ1v) is 11.7. The van der Waals surface area contributed by atoms with E-state index in [1.54, 1.807) is 24.3 Å². The van der Waals surface area contributed by atoms with Gasteiger partial charge in [0.15, 0.2) is 0 Å². The molecule has 0 aliphatic rings. The van der Waals surface area contributed by atoms with Crippen molar-refractivity contribution in [1.82, 2.24) is 10.9 Å². The number of nitrogens with one attached hydrogen (secondary N) is 2. The zero-order valence-corrected chi connectivity index (χ0v) is 20.0. The lowest BCUT2D eigenvalue weighted by Gasteiger charge is -2.06. The summed E-state index contributed by atoms with van der Waals surface area (Å²) < 4.78 is 0. The number of hydrogen-bond donors (Lipinski definition) is 4. The molecule has 0 fully saturated rings. The molecular formula is C30H22N4O4. The molecule has 0 aromatic heterocycles. The van der Waals surface area contributed by atoms with Gasteiger partial charge < -0.3 is 10.2 Å². The Hall–Kier alpha value is -5.50. The fourth-order valence-electron chi connectivity index (χ4n) is 4.05. The SMILES string of the molecule is O=C(NN=Cc1c(O)ccc2ccccc12)c1ccc(C(=O)NN=Cc2c(O)ccc3ccccc23)cc1. The number of hydrogen-bond acceptors (Lipinski definition) is 6. The van der Waals surface area contributed by atoms with E-state index in [-0.39, 0.29) is 11.5 Å². The average molecular weight is 503 g/mol. The van der Waals surface area contributed by atoms with Crippen molar-refractivity contribution in [1.29, 1.82) is 0 Å². The van der Waals surface area contributed by atoms with Crippen molar-refractivity contribution in [3.8, 4) is 11.5 Å². The van der Waals surface area contributed by atoms with Gasteiger partial charge in [-0.2, -0.15) is 10.2 Å². The van der Waals surface area contributed by atoms with Gasteiger partial charge in [-0.1, -0.05) is 60.7 Å². The molecule has 5 rings (SSSR count). The molecule has 0 bridgehead atoms. The molecule has 8 nitrogen and oxygen atoms in total. The van der Waals surface area contributed by atoms with E-state index in [2.05, 4.69) is 21.1 Å². The molecule has 186 valence electrons. The number of phenolic OH excluding ortho intramolecular Hbond substituents is 2. The molecule has 38 heavy (non-hydrogen) atoms. The summed E-state index contributed by atoms with van der Waals surface area (Å²) in [5.74, 6) is -0.847. The molecule has 5 aromatic carbocycles. The maximum atomic E-state index is 12.5. The van der Waals surface area contributed by atoms with Crippen LogP contribution in [0.2, 0.25) is 0 Å². The largest absolute Gasteiger partial charge is 0.507 e. The van der Waals surface area contributed by atoms with Crippen LogP contribution in [0.25, 0.3) is 21.5 Å². The standard InChI is InChI=1S/C30H22N4O4/c35-27-15-13-19-5-1-3-7-23(19)25(27)17-31-33-29(37)21-9-11-22(12-10-21)30(38)34-32-18-26-24-8-4-2-6-20(24)14-16-28(26)36/h1-18,35-36H,(H,33,37)(H,34,38). The Morgan fingerprint density at radius 2 is 0.947 bits per heavy atom. The van der Waals surface area contributed by atoms with Gasteiger partial charge in [0.2, 0.25) is 0 Å². The molecule has 0 radical (unpaired) electrons. The minimum Gasteiger partial charge on any atom is -0.507 e. The summed E-state index contributed by atoms with van der Waals surface area (Å²) in [5, 5.41) is 31.8. The lowest BCUT2D eigenvalue weighted by atomic mass is 10.0. The van der Waals surface area contributed by atoms with E-state index < -0.39 is 11.8 Å². The van der Waals surface area contributed by atoms with Crippen LogP contribution in [0.1, 0.15) is 31.8 Å². The molecule has 2 amide bonds. The van der Waals surface area contributed by atoms with E-state index in [0.717, 1.165) is 21.5 Å². The number of carbonyl (C=O) groups excluding carboxylic acids is 2. The predicted molar refractivity (Wildman–Crippen MR) is 148 cm³/mol. The second-order valence-corrected chi connectivity index (χ2v) is 8.41. The number of carbonyl (C=O) groups is 2. The fraction of sp³-hybridized carbons (Fsp3) is 0. The molecule has 0 saturated carbocycles. The van der Waals surface area contributed by atoms with Gasteiger partial charge in [-0.05, 0) is 57.9 Å². The predicted octanol–water partition coefficient (Wildman–Crippen LogP) is 4.93. The minimum atomic E-state index is -0.475. The van der Waals surface area contributed by atoms with Crippen molar-refractivity contribution < 1.29 is 19.8 Å². The Kier molecular flexibility index (Phi) is 6.77. The Bertz CT molecular complexity index is 1600. The summed E-state index contributed by atoms with van der Waals surface area (Å²) in [7, 11) is 0. The van der Waals surface area contributed by atoms with Crippen LogP contribution in [0.5, 0.6) is 11.5 Å². The van der Waals surface area contributed by atoms with Gasteiger partial charge >= 0.3 is 0 Å². The second-order valence-electron chi connectivity index (χ2n) is 8.41. The van der Waals surface area contributed by atoms with Gasteiger partial charge in [-0.3, -0.25) is 9.59 Å². The van der Waals surface area contributed by atoms with Crippen LogP contribution < -0.4 is 10.9 Å². The third kappa shape index (κ3) is 5.05. The van der Waals surface area contributed by atoms with Gasteiger partial charge in [0.25, 0.3) is 11.8 Å². The van der Waals surface area contributed by atoms with Crippen molar-refractivity contribution in [2.75, 3.05) is 0 Å². The van der Waals surface area contributed by atoms with Gasteiger partial charge in [0, 0.05) is 22.3 Å². The second kappa shape index (κ2) is 10.6. The van der Waals surface area contributed by atoms with Gasteiger partial charge in [-0.25, -0.2) is 10.9 Å². The fourth-order valence-corrected chi connectivity index (χ4v) is 4.05. The number of phenols is 2. The van der Waals surface area contributed by atoms with Crippen molar-refractivity contribution in [3.05, 3.63) is 119 Å². The van der Waals surface area contributed by atoms with Crippen LogP contribution in [0, 0.1) is 0 Å². The molecule has 5 aromatic rings. The van der Waals surface area contributed by atoms with E-state index in [1.807, 2.05) is 48.5 Å². The Morgan fingerprint density at radius 1 is 0.553 bits per heavy atom. The number of benzene rings is 5. The third-order valence-electron chi connectivity index (χ3n) is 6.02. The van der Waals surface area contributed by atoms with Crippen LogP contribution in [0.3, 0.4) is 0 Å². The Labute approximate surface area is 217 Å². The van der Waals surface area contributed by atoms with Gasteiger partial charge in [0.1, 0.15) is 11.5 Å².